The number of amides is 1. The first-order chi connectivity index (χ1) is 15.6. The van der Waals surface area contributed by atoms with Gasteiger partial charge in [0.05, 0.1) is 16.1 Å². The second kappa shape index (κ2) is 9.87. The van der Waals surface area contributed by atoms with Crippen molar-refractivity contribution in [1.82, 2.24) is 9.78 Å². The summed E-state index contributed by atoms with van der Waals surface area (Å²) in [6, 6.07) is 17.2. The van der Waals surface area contributed by atoms with Crippen LogP contribution >= 0.6 is 22.7 Å². The Morgan fingerprint density at radius 3 is 2.72 bits per heavy atom. The molecule has 1 aromatic carbocycles. The van der Waals surface area contributed by atoms with Crippen LogP contribution in [0.1, 0.15) is 11.1 Å². The average Bonchev–Trinajstić information content (AvgIpc) is 3.57. The standard InChI is InChI=1S/C23H16N4O3S2/c24-13-16-10-12-32-23(16)25-20(28)15-30-21(29)9-8-17-14-27(18-5-2-1-3-6-18)26-22(17)19-7-4-11-31-19/h1-12,14H,15H2,(H,25,28). The molecule has 1 N–H and O–H groups in total. The number of esters is 1. The van der Waals surface area contributed by atoms with Crippen LogP contribution in [0.2, 0.25) is 0 Å². The molecule has 9 heteroatoms. The number of ether oxygens (including phenoxy) is 1. The summed E-state index contributed by atoms with van der Waals surface area (Å²) in [6.07, 6.45) is 4.72. The fraction of sp³-hybridized carbons (Fsp3) is 0.0435. The van der Waals surface area contributed by atoms with Crippen LogP contribution in [0.4, 0.5) is 5.00 Å². The van der Waals surface area contributed by atoms with Crippen molar-refractivity contribution in [3.8, 4) is 22.3 Å². The van der Waals surface area contributed by atoms with Gasteiger partial charge in [-0.25, -0.2) is 9.48 Å². The van der Waals surface area contributed by atoms with E-state index < -0.39 is 18.5 Å². The second-order valence-electron chi connectivity index (χ2n) is 6.45. The van der Waals surface area contributed by atoms with Gasteiger partial charge in [0.1, 0.15) is 16.8 Å². The molecule has 0 spiro atoms. The van der Waals surface area contributed by atoms with Crippen LogP contribution in [0.25, 0.3) is 22.3 Å². The lowest BCUT2D eigenvalue weighted by Gasteiger charge is -2.03. The van der Waals surface area contributed by atoms with Gasteiger partial charge in [-0.1, -0.05) is 24.3 Å². The first kappa shape index (κ1) is 21.2. The van der Waals surface area contributed by atoms with Gasteiger partial charge in [0, 0.05) is 17.8 Å². The summed E-state index contributed by atoms with van der Waals surface area (Å²) < 4.78 is 6.78. The first-order valence-corrected chi connectivity index (χ1v) is 11.2. The highest BCUT2D eigenvalue weighted by Gasteiger charge is 2.13. The molecule has 0 fully saturated rings. The van der Waals surface area contributed by atoms with Gasteiger partial charge in [0.2, 0.25) is 0 Å². The number of nitrogens with one attached hydrogen (secondary N) is 1. The smallest absolute Gasteiger partial charge is 0.331 e. The van der Waals surface area contributed by atoms with Crippen molar-refractivity contribution in [2.24, 2.45) is 0 Å². The molecule has 0 atom stereocenters. The molecule has 0 saturated carbocycles. The van der Waals surface area contributed by atoms with E-state index in [0.717, 1.165) is 21.8 Å². The largest absolute Gasteiger partial charge is 0.452 e. The number of rotatable bonds is 7. The summed E-state index contributed by atoms with van der Waals surface area (Å²) >= 11 is 2.78. The number of nitrogens with zero attached hydrogens (tertiary/aromatic N) is 3. The number of carbonyl (C=O) groups is 2. The van der Waals surface area contributed by atoms with Crippen LogP contribution in [0.3, 0.4) is 0 Å². The number of aromatic nitrogens is 2. The van der Waals surface area contributed by atoms with Crippen molar-refractivity contribution in [2.45, 2.75) is 0 Å². The molecular weight excluding hydrogens is 444 g/mol. The number of anilines is 1. The third-order valence-corrected chi connectivity index (χ3v) is 6.01. The Labute approximate surface area is 191 Å². The van der Waals surface area contributed by atoms with Crippen LogP contribution in [0.5, 0.6) is 0 Å². The van der Waals surface area contributed by atoms with E-state index in [1.54, 1.807) is 33.5 Å². The Kier molecular flexibility index (Phi) is 6.55. The van der Waals surface area contributed by atoms with E-state index in [-0.39, 0.29) is 0 Å². The molecule has 0 radical (unpaired) electrons. The van der Waals surface area contributed by atoms with E-state index in [1.807, 2.05) is 60.1 Å². The van der Waals surface area contributed by atoms with Crippen molar-refractivity contribution in [3.05, 3.63) is 82.7 Å². The topological polar surface area (TPSA) is 97.0 Å². The summed E-state index contributed by atoms with van der Waals surface area (Å²) in [5.41, 5.74) is 2.75. The number of benzene rings is 1. The van der Waals surface area contributed by atoms with E-state index >= 15 is 0 Å². The molecule has 7 nitrogen and oxygen atoms in total. The zero-order valence-electron chi connectivity index (χ0n) is 16.6. The highest BCUT2D eigenvalue weighted by molar-refractivity contribution is 7.14. The van der Waals surface area contributed by atoms with E-state index in [9.17, 15) is 9.59 Å². The minimum Gasteiger partial charge on any atom is -0.452 e. The zero-order chi connectivity index (χ0) is 22.3. The van der Waals surface area contributed by atoms with Gasteiger partial charge in [-0.15, -0.1) is 22.7 Å². The highest BCUT2D eigenvalue weighted by atomic mass is 32.1. The van der Waals surface area contributed by atoms with Gasteiger partial charge in [0.15, 0.2) is 6.61 Å². The van der Waals surface area contributed by atoms with E-state index in [0.29, 0.717) is 10.6 Å². The van der Waals surface area contributed by atoms with Gasteiger partial charge in [-0.05, 0) is 41.1 Å². The Bertz CT molecular complexity index is 1300. The fourth-order valence-electron chi connectivity index (χ4n) is 2.83. The number of nitriles is 1. The van der Waals surface area contributed by atoms with Crippen LogP contribution in [-0.2, 0) is 14.3 Å². The molecule has 0 unspecified atom stereocenters. The third-order valence-electron chi connectivity index (χ3n) is 4.30. The SMILES string of the molecule is N#Cc1ccsc1NC(=O)COC(=O)C=Cc1cn(-c2ccccc2)nc1-c1cccs1. The van der Waals surface area contributed by atoms with E-state index in [4.69, 9.17) is 10.00 Å². The monoisotopic (exact) mass is 460 g/mol. The minimum absolute atomic E-state index is 0.367. The van der Waals surface area contributed by atoms with Gasteiger partial charge >= 0.3 is 5.97 Å². The minimum atomic E-state index is -0.656. The maximum atomic E-state index is 12.2. The summed E-state index contributed by atoms with van der Waals surface area (Å²) in [4.78, 5) is 25.1. The van der Waals surface area contributed by atoms with Crippen molar-refractivity contribution < 1.29 is 14.3 Å². The molecular formula is C23H16N4O3S2. The number of carbonyl (C=O) groups excluding carboxylic acids is 2. The normalized spacial score (nSPS) is 10.7. The summed E-state index contributed by atoms with van der Waals surface area (Å²) in [5, 5.41) is 20.3. The predicted octanol–water partition coefficient (Wildman–Crippen LogP) is 4.73. The molecule has 158 valence electrons. The molecule has 3 heterocycles. The van der Waals surface area contributed by atoms with Crippen LogP contribution < -0.4 is 5.32 Å². The van der Waals surface area contributed by atoms with Crippen molar-refractivity contribution in [1.29, 1.82) is 5.26 Å². The fourth-order valence-corrected chi connectivity index (χ4v) is 4.31. The third kappa shape index (κ3) is 5.00. The molecule has 4 rings (SSSR count). The van der Waals surface area contributed by atoms with Crippen LogP contribution in [0, 0.1) is 11.3 Å². The molecule has 32 heavy (non-hydrogen) atoms. The lowest BCUT2D eigenvalue weighted by molar-refractivity contribution is -0.142. The number of para-hydroxylation sites is 1. The molecule has 0 aliphatic heterocycles. The molecule has 3 aromatic heterocycles. The average molecular weight is 461 g/mol. The molecule has 0 aliphatic rings. The summed E-state index contributed by atoms with van der Waals surface area (Å²) in [7, 11) is 0. The van der Waals surface area contributed by atoms with Crippen molar-refractivity contribution >= 4 is 45.6 Å². The maximum absolute atomic E-state index is 12.2. The Balaban J connectivity index is 1.44. The maximum Gasteiger partial charge on any atom is 0.331 e. The number of hydrogen-bond acceptors (Lipinski definition) is 7. The Hall–Kier alpha value is -4.00. The number of hydrogen-bond donors (Lipinski definition) is 1. The predicted molar refractivity (Wildman–Crippen MR) is 125 cm³/mol. The van der Waals surface area contributed by atoms with Gasteiger partial charge in [0.25, 0.3) is 5.91 Å². The molecule has 0 bridgehead atoms. The van der Waals surface area contributed by atoms with Gasteiger partial charge in [-0.3, -0.25) is 4.79 Å². The second-order valence-corrected chi connectivity index (χ2v) is 8.32. The first-order valence-electron chi connectivity index (χ1n) is 9.45. The molecule has 1 amide bonds. The molecule has 0 aliphatic carbocycles. The van der Waals surface area contributed by atoms with Crippen molar-refractivity contribution in [2.75, 3.05) is 11.9 Å². The zero-order valence-corrected chi connectivity index (χ0v) is 18.2. The van der Waals surface area contributed by atoms with Crippen molar-refractivity contribution in [3.63, 3.8) is 0 Å². The Morgan fingerprint density at radius 1 is 1.12 bits per heavy atom. The number of thiophene rings is 2. The quantitative estimate of drug-likeness (QED) is 0.318. The lowest BCUT2D eigenvalue weighted by atomic mass is 10.2. The van der Waals surface area contributed by atoms with Gasteiger partial charge in [-0.2, -0.15) is 10.4 Å². The molecule has 4 aromatic rings. The molecule has 0 saturated heterocycles. The van der Waals surface area contributed by atoms with Crippen LogP contribution in [-0.4, -0.2) is 28.3 Å². The lowest BCUT2D eigenvalue weighted by Crippen LogP contribution is -2.19. The van der Waals surface area contributed by atoms with Gasteiger partial charge < -0.3 is 10.1 Å². The highest BCUT2D eigenvalue weighted by Crippen LogP contribution is 2.28. The van der Waals surface area contributed by atoms with Crippen LogP contribution in [0.15, 0.2) is 71.6 Å². The van der Waals surface area contributed by atoms with E-state index in [2.05, 4.69) is 10.4 Å². The Morgan fingerprint density at radius 2 is 1.97 bits per heavy atom. The summed E-state index contributed by atoms with van der Waals surface area (Å²) in [5.74, 6) is -1.17. The van der Waals surface area contributed by atoms with E-state index in [1.165, 1.54) is 17.4 Å². The summed E-state index contributed by atoms with van der Waals surface area (Å²) in [6.45, 7) is -0.451.